The predicted octanol–water partition coefficient (Wildman–Crippen LogP) is 24.4. The number of nitrogens with zero attached hydrogens (tertiary/aromatic N) is 3. The molecule has 9 rings (SSSR count). The number of benzene rings is 4. The molecule has 4 aromatic carbocycles. The lowest BCUT2D eigenvalue weighted by Crippen LogP contribution is -2.32. The van der Waals surface area contributed by atoms with E-state index < -0.39 is 6.04 Å². The number of nitrogens with one attached hydrogen (secondary N) is 3. The van der Waals surface area contributed by atoms with E-state index in [1.807, 2.05) is 12.1 Å². The molecule has 3 N–H and O–H groups in total. The van der Waals surface area contributed by atoms with Crippen LogP contribution < -0.4 is 24.3 Å². The van der Waals surface area contributed by atoms with Crippen molar-refractivity contribution in [2.75, 3.05) is 33.0 Å². The maximum atomic E-state index is 12.3. The number of aromatic nitrogens is 4. The van der Waals surface area contributed by atoms with E-state index in [2.05, 4.69) is 174 Å². The lowest BCUT2D eigenvalue weighted by atomic mass is 10.0. The van der Waals surface area contributed by atoms with Crippen molar-refractivity contribution in [3.8, 4) is 67.5 Å². The van der Waals surface area contributed by atoms with Gasteiger partial charge in [-0.05, 0) is 145 Å². The molecule has 0 spiro atoms. The van der Waals surface area contributed by atoms with Gasteiger partial charge in [0.25, 0.3) is 6.04 Å². The second-order valence-corrected chi connectivity index (χ2v) is 27.0. The second kappa shape index (κ2) is 41.8. The summed E-state index contributed by atoms with van der Waals surface area (Å²) in [7, 11) is 0. The summed E-state index contributed by atoms with van der Waals surface area (Å²) in [4.78, 5) is 34.7. The molecular weight excluding hydrogens is 1210 g/mol. The number of fused-ring (bicyclic) bond motifs is 8. The molecule has 520 valence electrons. The molecule has 1 amide bonds. The van der Waals surface area contributed by atoms with Crippen molar-refractivity contribution in [1.29, 1.82) is 0 Å². The molecule has 1 atom stereocenters. The van der Waals surface area contributed by atoms with E-state index in [1.54, 1.807) is 6.92 Å². The zero-order valence-corrected chi connectivity index (χ0v) is 59.8. The lowest BCUT2D eigenvalue weighted by Gasteiger charge is -2.10. The summed E-state index contributed by atoms with van der Waals surface area (Å²) < 4.78 is 25.4. The Hall–Kier alpha value is -8.36. The fourth-order valence-corrected chi connectivity index (χ4v) is 13.3. The zero-order chi connectivity index (χ0) is 68.2. The Morgan fingerprint density at radius 3 is 0.837 bits per heavy atom. The van der Waals surface area contributed by atoms with Gasteiger partial charge in [-0.1, -0.05) is 243 Å². The van der Waals surface area contributed by atoms with Crippen molar-refractivity contribution in [2.24, 2.45) is 0 Å². The van der Waals surface area contributed by atoms with Crippen LogP contribution in [0.25, 0.3) is 95.7 Å². The van der Waals surface area contributed by atoms with Crippen molar-refractivity contribution >= 4 is 52.3 Å². The number of carbonyl (C=O) groups is 1. The maximum absolute atomic E-state index is 12.3. The van der Waals surface area contributed by atoms with Gasteiger partial charge in [0.1, 0.15) is 23.0 Å². The summed E-state index contributed by atoms with van der Waals surface area (Å²) in [5, 5.41) is 2.84. The summed E-state index contributed by atoms with van der Waals surface area (Å²) in [5.41, 5.74) is 14.8. The zero-order valence-electron chi connectivity index (χ0n) is 59.8. The molecule has 2 aliphatic heterocycles. The molecule has 8 bridgehead atoms. The molecular formula is C87H112N6O5. The van der Waals surface area contributed by atoms with Crippen molar-refractivity contribution in [2.45, 2.75) is 233 Å². The van der Waals surface area contributed by atoms with E-state index in [9.17, 15) is 4.79 Å². The van der Waals surface area contributed by atoms with Crippen LogP contribution in [-0.2, 0) is 4.79 Å². The molecule has 0 fully saturated rings. The van der Waals surface area contributed by atoms with Crippen molar-refractivity contribution in [1.82, 2.24) is 25.3 Å². The summed E-state index contributed by atoms with van der Waals surface area (Å²) >= 11 is 0. The minimum absolute atomic E-state index is 0.268. The minimum atomic E-state index is -0.713. The second-order valence-electron chi connectivity index (χ2n) is 27.0. The third-order valence-corrected chi connectivity index (χ3v) is 19.1. The molecule has 7 aromatic rings. The fourth-order valence-electron chi connectivity index (χ4n) is 13.3. The first kappa shape index (κ1) is 73.9. The fraction of sp³-hybridized carbons (Fsp3) is 0.471. The van der Waals surface area contributed by atoms with E-state index >= 15 is 0 Å². The summed E-state index contributed by atoms with van der Waals surface area (Å²) in [6, 6.07) is 41.8. The third kappa shape index (κ3) is 23.1. The molecule has 98 heavy (non-hydrogen) atoms. The normalized spacial score (nSPS) is 12.0. The van der Waals surface area contributed by atoms with E-state index in [-0.39, 0.29) is 5.91 Å². The number of hydrogen-bond donors (Lipinski definition) is 3. The van der Waals surface area contributed by atoms with Crippen LogP contribution in [-0.4, -0.2) is 64.9 Å². The van der Waals surface area contributed by atoms with Crippen LogP contribution in [0.1, 0.15) is 250 Å². The highest BCUT2D eigenvalue weighted by Crippen LogP contribution is 2.40. The van der Waals surface area contributed by atoms with Gasteiger partial charge in [0, 0.05) is 57.8 Å². The average Bonchev–Trinajstić information content (AvgIpc) is 1.61. The number of H-pyrrole nitrogens is 2. The number of amides is 1. The molecule has 0 unspecified atom stereocenters. The van der Waals surface area contributed by atoms with Gasteiger partial charge >= 0.3 is 5.91 Å². The van der Waals surface area contributed by atoms with Crippen LogP contribution in [0, 0.1) is 6.57 Å². The number of hydrogen-bond acceptors (Lipinski definition) is 7. The quantitative estimate of drug-likeness (QED) is 0.0256. The summed E-state index contributed by atoms with van der Waals surface area (Å²) in [6.45, 7) is 18.6. The molecule has 2 aliphatic rings. The highest BCUT2D eigenvalue weighted by molar-refractivity contribution is 6.00. The van der Waals surface area contributed by atoms with Gasteiger partial charge in [-0.2, -0.15) is 0 Å². The molecule has 0 saturated carbocycles. The van der Waals surface area contributed by atoms with Crippen LogP contribution >= 0.6 is 0 Å². The lowest BCUT2D eigenvalue weighted by molar-refractivity contribution is -0.121. The van der Waals surface area contributed by atoms with Gasteiger partial charge in [-0.15, -0.1) is 0 Å². The molecule has 11 heteroatoms. The maximum Gasteiger partial charge on any atom is 0.302 e. The first-order valence-electron chi connectivity index (χ1n) is 38.1. The van der Waals surface area contributed by atoms with E-state index in [1.165, 1.54) is 173 Å². The van der Waals surface area contributed by atoms with Crippen molar-refractivity contribution < 1.29 is 23.7 Å². The Morgan fingerprint density at radius 1 is 0.357 bits per heavy atom. The first-order valence-corrected chi connectivity index (χ1v) is 38.1. The van der Waals surface area contributed by atoms with Gasteiger partial charge in [0.15, 0.2) is 0 Å². The van der Waals surface area contributed by atoms with Crippen molar-refractivity contribution in [3.63, 3.8) is 0 Å². The highest BCUT2D eigenvalue weighted by atomic mass is 16.5. The standard InChI is InChI=1S/C87H112N6O5/c1-6-9-12-15-18-21-24-27-30-33-62-95-71-45-37-67(38-46-71)83-75-53-55-77(90-75)84(68-39-47-72(48-40-68)96-63-34-31-28-25-22-19-16-13-10-7-2)79-57-59-81(92-79)86(70-43-51-74(52-44-70)98-65-36-61-89-87(94)66(4)88-5)82-60-58-80(93-82)85(78-56-54-76(83)91-78)69-41-49-73(50-42-69)97-64-35-32-29-26-23-20-17-14-11-8-3/h37-60,66,90,93H,6-36,61-65H2,1-4H3,(H,89,94)/t66-/m1/s1. The highest BCUT2D eigenvalue weighted by Gasteiger charge is 2.21. The van der Waals surface area contributed by atoms with Gasteiger partial charge in [-0.3, -0.25) is 4.79 Å². The van der Waals surface area contributed by atoms with E-state index in [0.29, 0.717) is 45.1 Å². The van der Waals surface area contributed by atoms with Crippen LogP contribution in [0.4, 0.5) is 0 Å². The number of aromatic amines is 2. The first-order chi connectivity index (χ1) is 48.3. The predicted molar refractivity (Wildman–Crippen MR) is 412 cm³/mol. The van der Waals surface area contributed by atoms with E-state index in [0.717, 1.165) is 126 Å². The summed E-state index contributed by atoms with van der Waals surface area (Å²) in [5.74, 6) is 3.02. The van der Waals surface area contributed by atoms with Crippen LogP contribution in [0.5, 0.6) is 23.0 Å². The molecule has 0 radical (unpaired) electrons. The molecule has 5 heterocycles. The number of carbonyl (C=O) groups excluding carboxylic acids is 1. The minimum Gasteiger partial charge on any atom is -0.494 e. The molecule has 0 saturated heterocycles. The Labute approximate surface area is 586 Å². The van der Waals surface area contributed by atoms with Gasteiger partial charge in [-0.25, -0.2) is 16.5 Å². The molecule has 0 aliphatic carbocycles. The molecule has 11 nitrogen and oxygen atoms in total. The largest absolute Gasteiger partial charge is 0.494 e. The smallest absolute Gasteiger partial charge is 0.302 e. The SMILES string of the molecule is [C-]#[N+][C@H](C)C(=O)NCCCOc1ccc(-c2c3nc(c(-c4ccc(OCCCCCCCCCCCC)cc4)c4ccc([nH]4)c(-c4ccc(OCCCCCCCCCCCC)cc4)c4nc(c(-c5ccc(OCCCCCCCCCCCC)cc5)c5ccc2[nH]5)C=C4)C=C3)cc1. The van der Waals surface area contributed by atoms with E-state index in [4.69, 9.17) is 35.5 Å². The van der Waals surface area contributed by atoms with Crippen LogP contribution in [0.3, 0.4) is 0 Å². The van der Waals surface area contributed by atoms with Crippen LogP contribution in [0.2, 0.25) is 0 Å². The Morgan fingerprint density at radius 2 is 0.592 bits per heavy atom. The van der Waals surface area contributed by atoms with Crippen LogP contribution in [0.15, 0.2) is 121 Å². The number of unbranched alkanes of at least 4 members (excludes halogenated alkanes) is 27. The monoisotopic (exact) mass is 1320 g/mol. The number of ether oxygens (including phenoxy) is 4. The Balaban J connectivity index is 1.07. The third-order valence-electron chi connectivity index (χ3n) is 19.1. The van der Waals surface area contributed by atoms with Gasteiger partial charge in [0.2, 0.25) is 0 Å². The molecule has 3 aromatic heterocycles. The Bertz CT molecular complexity index is 3710. The van der Waals surface area contributed by atoms with Crippen molar-refractivity contribution in [3.05, 3.63) is 156 Å². The Kier molecular flexibility index (Phi) is 31.5. The number of rotatable bonds is 46. The summed E-state index contributed by atoms with van der Waals surface area (Å²) in [6.07, 6.45) is 47.7. The average molecular weight is 1320 g/mol. The van der Waals surface area contributed by atoms with Gasteiger partial charge in [0.05, 0.1) is 49.2 Å². The van der Waals surface area contributed by atoms with Gasteiger partial charge < -0.3 is 39.1 Å². The topological polar surface area (TPSA) is 128 Å².